The molecule has 0 spiro atoms. The summed E-state index contributed by atoms with van der Waals surface area (Å²) in [6.45, 7) is 8.52. The Morgan fingerprint density at radius 2 is 1.81 bits per heavy atom. The molecule has 27 heavy (non-hydrogen) atoms. The molecule has 0 aromatic heterocycles. The van der Waals surface area contributed by atoms with Gasteiger partial charge in [-0.1, -0.05) is 54.9 Å². The Morgan fingerprint density at radius 1 is 1.19 bits per heavy atom. The van der Waals surface area contributed by atoms with Crippen molar-refractivity contribution in [1.82, 2.24) is 4.90 Å². The summed E-state index contributed by atoms with van der Waals surface area (Å²) in [5.74, 6) is -0.413. The third kappa shape index (κ3) is 4.72. The van der Waals surface area contributed by atoms with Crippen LogP contribution in [0.4, 0.5) is 0 Å². The van der Waals surface area contributed by atoms with E-state index in [2.05, 4.69) is 62.1 Å². The topological polar surface area (TPSA) is 40.5 Å². The third-order valence-corrected chi connectivity index (χ3v) is 6.21. The Hall–Kier alpha value is -1.84. The second-order valence-electron chi connectivity index (χ2n) is 7.83. The lowest BCUT2D eigenvalue weighted by molar-refractivity contribution is -0.147. The average molecular weight is 386 g/mol. The standard InChI is InChI=1S/C23H28ClNO2/c1-4-19(20-8-15(2)22(24)16(3)9-20)11-17-6-5-7-18(10-17)12-25-13-21(14-25)23(26)27/h5-10,19,21H,4,11-14H2,1-3H3,(H,26,27)/t19-/m0/s1. The van der Waals surface area contributed by atoms with Crippen LogP contribution in [-0.2, 0) is 17.8 Å². The molecule has 3 nitrogen and oxygen atoms in total. The average Bonchev–Trinajstić information content (AvgIpc) is 2.60. The van der Waals surface area contributed by atoms with Gasteiger partial charge in [-0.15, -0.1) is 0 Å². The van der Waals surface area contributed by atoms with Gasteiger partial charge < -0.3 is 5.11 Å². The van der Waals surface area contributed by atoms with E-state index in [1.165, 1.54) is 16.7 Å². The van der Waals surface area contributed by atoms with E-state index in [0.717, 1.165) is 35.5 Å². The summed E-state index contributed by atoms with van der Waals surface area (Å²) in [5.41, 5.74) is 6.23. The van der Waals surface area contributed by atoms with Crippen LogP contribution in [-0.4, -0.2) is 29.1 Å². The first-order chi connectivity index (χ1) is 12.9. The molecule has 1 saturated heterocycles. The highest BCUT2D eigenvalue weighted by Gasteiger charge is 2.32. The molecule has 0 radical (unpaired) electrons. The number of halogens is 1. The molecule has 2 aromatic carbocycles. The van der Waals surface area contributed by atoms with Crippen LogP contribution in [0.5, 0.6) is 0 Å². The van der Waals surface area contributed by atoms with Gasteiger partial charge in [-0.25, -0.2) is 0 Å². The van der Waals surface area contributed by atoms with Crippen molar-refractivity contribution in [1.29, 1.82) is 0 Å². The maximum Gasteiger partial charge on any atom is 0.309 e. The lowest BCUT2D eigenvalue weighted by Gasteiger charge is -2.36. The summed E-state index contributed by atoms with van der Waals surface area (Å²) in [5, 5.41) is 9.88. The van der Waals surface area contributed by atoms with Crippen LogP contribution in [0, 0.1) is 19.8 Å². The predicted molar refractivity (Wildman–Crippen MR) is 111 cm³/mol. The molecule has 0 amide bonds. The largest absolute Gasteiger partial charge is 0.481 e. The first-order valence-corrected chi connectivity index (χ1v) is 10.0. The molecule has 4 heteroatoms. The van der Waals surface area contributed by atoms with Crippen molar-refractivity contribution in [2.75, 3.05) is 13.1 Å². The van der Waals surface area contributed by atoms with E-state index >= 15 is 0 Å². The first-order valence-electron chi connectivity index (χ1n) is 9.67. The molecule has 0 unspecified atom stereocenters. The van der Waals surface area contributed by atoms with Gasteiger partial charge in [-0.05, 0) is 60.4 Å². The van der Waals surface area contributed by atoms with Crippen molar-refractivity contribution in [3.8, 4) is 0 Å². The normalized spacial score (nSPS) is 16.1. The number of carboxylic acid groups (broad SMARTS) is 1. The van der Waals surface area contributed by atoms with Crippen molar-refractivity contribution in [3.63, 3.8) is 0 Å². The van der Waals surface area contributed by atoms with E-state index in [1.807, 2.05) is 0 Å². The summed E-state index contributed by atoms with van der Waals surface area (Å²) in [6, 6.07) is 13.2. The van der Waals surface area contributed by atoms with Crippen LogP contribution in [0.3, 0.4) is 0 Å². The number of aryl methyl sites for hydroxylation is 2. The fraction of sp³-hybridized carbons (Fsp3) is 0.435. The predicted octanol–water partition coefficient (Wildman–Crippen LogP) is 5.21. The fourth-order valence-electron chi connectivity index (χ4n) is 3.97. The van der Waals surface area contributed by atoms with Crippen LogP contribution >= 0.6 is 11.6 Å². The van der Waals surface area contributed by atoms with E-state index in [1.54, 1.807) is 0 Å². The minimum Gasteiger partial charge on any atom is -0.481 e. The van der Waals surface area contributed by atoms with E-state index < -0.39 is 5.97 Å². The second-order valence-corrected chi connectivity index (χ2v) is 8.21. The highest BCUT2D eigenvalue weighted by molar-refractivity contribution is 6.32. The van der Waals surface area contributed by atoms with Crippen molar-refractivity contribution in [2.45, 2.75) is 46.1 Å². The molecule has 0 saturated carbocycles. The second kappa shape index (κ2) is 8.45. The Bertz CT molecular complexity index is 804. The number of rotatable bonds is 7. The van der Waals surface area contributed by atoms with Crippen LogP contribution in [0.15, 0.2) is 36.4 Å². The maximum absolute atomic E-state index is 11.0. The highest BCUT2D eigenvalue weighted by Crippen LogP contribution is 2.30. The van der Waals surface area contributed by atoms with Gasteiger partial charge in [0, 0.05) is 24.7 Å². The quantitative estimate of drug-likeness (QED) is 0.711. The van der Waals surface area contributed by atoms with Gasteiger partial charge in [0.2, 0.25) is 0 Å². The van der Waals surface area contributed by atoms with E-state index in [0.29, 0.717) is 19.0 Å². The van der Waals surface area contributed by atoms with Gasteiger partial charge >= 0.3 is 5.97 Å². The number of aliphatic carboxylic acids is 1. The molecule has 1 N–H and O–H groups in total. The lowest BCUT2D eigenvalue weighted by atomic mass is 9.87. The van der Waals surface area contributed by atoms with Crippen LogP contribution in [0.25, 0.3) is 0 Å². The molecule has 3 rings (SSSR count). The van der Waals surface area contributed by atoms with E-state index in [4.69, 9.17) is 16.7 Å². The van der Waals surface area contributed by atoms with Crippen LogP contribution in [0.2, 0.25) is 5.02 Å². The van der Waals surface area contributed by atoms with Crippen molar-refractivity contribution >= 4 is 17.6 Å². The van der Waals surface area contributed by atoms with Crippen LogP contribution in [0.1, 0.15) is 47.1 Å². The van der Waals surface area contributed by atoms with E-state index in [9.17, 15) is 4.79 Å². The molecule has 144 valence electrons. The fourth-order valence-corrected chi connectivity index (χ4v) is 4.07. The van der Waals surface area contributed by atoms with Gasteiger partial charge in [0.25, 0.3) is 0 Å². The number of likely N-dealkylation sites (tertiary alicyclic amines) is 1. The van der Waals surface area contributed by atoms with Gasteiger partial charge in [-0.3, -0.25) is 9.69 Å². The number of benzene rings is 2. The molecule has 0 bridgehead atoms. The minimum absolute atomic E-state index is 0.200. The molecule has 1 heterocycles. The molecular formula is C23H28ClNO2. The zero-order chi connectivity index (χ0) is 19.6. The molecule has 1 aliphatic rings. The van der Waals surface area contributed by atoms with Crippen molar-refractivity contribution < 1.29 is 9.90 Å². The smallest absolute Gasteiger partial charge is 0.309 e. The van der Waals surface area contributed by atoms with Gasteiger partial charge in [0.05, 0.1) is 5.92 Å². The van der Waals surface area contributed by atoms with Gasteiger partial charge in [-0.2, -0.15) is 0 Å². The van der Waals surface area contributed by atoms with Crippen LogP contribution < -0.4 is 0 Å². The zero-order valence-electron chi connectivity index (χ0n) is 16.3. The number of carbonyl (C=O) groups is 1. The summed E-state index contributed by atoms with van der Waals surface area (Å²) in [6.07, 6.45) is 2.08. The lowest BCUT2D eigenvalue weighted by Crippen LogP contribution is -2.49. The molecule has 0 aliphatic carbocycles. The minimum atomic E-state index is -0.681. The molecule has 2 aromatic rings. The number of hydrogen-bond acceptors (Lipinski definition) is 2. The summed E-state index contributed by atoms with van der Waals surface area (Å²) >= 11 is 6.33. The monoisotopic (exact) mass is 385 g/mol. The first kappa shape index (κ1) is 19.9. The number of nitrogens with zero attached hydrogens (tertiary/aromatic N) is 1. The third-order valence-electron chi connectivity index (χ3n) is 5.61. The van der Waals surface area contributed by atoms with Gasteiger partial charge in [0.15, 0.2) is 0 Å². The molecule has 1 aliphatic heterocycles. The molecule has 1 atom stereocenters. The van der Waals surface area contributed by atoms with Gasteiger partial charge in [0.1, 0.15) is 0 Å². The Morgan fingerprint density at radius 3 is 2.41 bits per heavy atom. The summed E-state index contributed by atoms with van der Waals surface area (Å²) < 4.78 is 0. The molecular weight excluding hydrogens is 358 g/mol. The van der Waals surface area contributed by atoms with Crippen molar-refractivity contribution in [3.05, 3.63) is 69.2 Å². The maximum atomic E-state index is 11.0. The van der Waals surface area contributed by atoms with Crippen molar-refractivity contribution in [2.24, 2.45) is 5.92 Å². The Labute approximate surface area is 167 Å². The zero-order valence-corrected chi connectivity index (χ0v) is 17.1. The number of hydrogen-bond donors (Lipinski definition) is 1. The Balaban J connectivity index is 1.68. The Kier molecular flexibility index (Phi) is 6.23. The molecule has 1 fully saturated rings. The number of carboxylic acids is 1. The van der Waals surface area contributed by atoms with E-state index in [-0.39, 0.29) is 5.92 Å². The highest BCUT2D eigenvalue weighted by atomic mass is 35.5. The summed E-state index contributed by atoms with van der Waals surface area (Å²) in [4.78, 5) is 13.2. The summed E-state index contributed by atoms with van der Waals surface area (Å²) in [7, 11) is 0. The SMILES string of the molecule is CC[C@@H](Cc1cccc(CN2CC(C(=O)O)C2)c1)c1cc(C)c(Cl)c(C)c1.